The van der Waals surface area contributed by atoms with Gasteiger partial charge < -0.3 is 15.6 Å². The Kier molecular flexibility index (Phi) is 5.08. The topological polar surface area (TPSA) is 68.2 Å². The first-order chi connectivity index (χ1) is 10.8. The third-order valence-electron chi connectivity index (χ3n) is 4.68. The SMILES string of the molecule is I.NC(=NCc1nc2ccccc2n1C1CC1)NC1CCCC1. The fourth-order valence-electron chi connectivity index (χ4n) is 3.43. The molecule has 0 bridgehead atoms. The first-order valence-corrected chi connectivity index (χ1v) is 8.33. The fourth-order valence-corrected chi connectivity index (χ4v) is 3.43. The van der Waals surface area contributed by atoms with Crippen LogP contribution in [0.5, 0.6) is 0 Å². The minimum absolute atomic E-state index is 0. The predicted octanol–water partition coefficient (Wildman–Crippen LogP) is 3.34. The average molecular weight is 425 g/mol. The molecule has 0 atom stereocenters. The van der Waals surface area contributed by atoms with Gasteiger partial charge in [0.15, 0.2) is 5.96 Å². The van der Waals surface area contributed by atoms with Crippen LogP contribution < -0.4 is 11.1 Å². The third kappa shape index (κ3) is 3.62. The van der Waals surface area contributed by atoms with Crippen molar-refractivity contribution in [3.63, 3.8) is 0 Å². The van der Waals surface area contributed by atoms with E-state index in [0.717, 1.165) is 11.3 Å². The zero-order chi connectivity index (χ0) is 14.9. The third-order valence-corrected chi connectivity index (χ3v) is 4.68. The number of nitrogens with two attached hydrogens (primary N) is 1. The maximum absolute atomic E-state index is 6.04. The van der Waals surface area contributed by atoms with Gasteiger partial charge in [-0.1, -0.05) is 25.0 Å². The van der Waals surface area contributed by atoms with Crippen molar-refractivity contribution in [3.05, 3.63) is 30.1 Å². The molecule has 0 saturated heterocycles. The van der Waals surface area contributed by atoms with Crippen molar-refractivity contribution in [2.45, 2.75) is 57.2 Å². The van der Waals surface area contributed by atoms with Crippen molar-refractivity contribution >= 4 is 41.0 Å². The number of imidazole rings is 1. The maximum Gasteiger partial charge on any atom is 0.189 e. The summed E-state index contributed by atoms with van der Waals surface area (Å²) in [6.45, 7) is 0.552. The van der Waals surface area contributed by atoms with E-state index in [9.17, 15) is 0 Å². The van der Waals surface area contributed by atoms with Crippen molar-refractivity contribution in [3.8, 4) is 0 Å². The monoisotopic (exact) mass is 425 g/mol. The van der Waals surface area contributed by atoms with Crippen LogP contribution in [0.4, 0.5) is 0 Å². The summed E-state index contributed by atoms with van der Waals surface area (Å²) in [5.74, 6) is 1.58. The van der Waals surface area contributed by atoms with E-state index in [2.05, 4.69) is 33.1 Å². The number of fused-ring (bicyclic) bond motifs is 1. The summed E-state index contributed by atoms with van der Waals surface area (Å²) < 4.78 is 2.35. The Labute approximate surface area is 153 Å². The lowest BCUT2D eigenvalue weighted by molar-refractivity contribution is 0.623. The summed E-state index contributed by atoms with van der Waals surface area (Å²) in [5, 5.41) is 3.34. The number of para-hydroxylation sites is 2. The summed E-state index contributed by atoms with van der Waals surface area (Å²) in [5.41, 5.74) is 8.32. The van der Waals surface area contributed by atoms with E-state index in [-0.39, 0.29) is 24.0 Å². The quantitative estimate of drug-likeness (QED) is 0.449. The molecule has 5 nitrogen and oxygen atoms in total. The molecule has 0 radical (unpaired) electrons. The molecule has 0 aliphatic heterocycles. The van der Waals surface area contributed by atoms with Crippen LogP contribution in [0.3, 0.4) is 0 Å². The first kappa shape index (κ1) is 16.5. The van der Waals surface area contributed by atoms with E-state index in [1.54, 1.807) is 0 Å². The van der Waals surface area contributed by atoms with E-state index < -0.39 is 0 Å². The van der Waals surface area contributed by atoms with Gasteiger partial charge in [0.25, 0.3) is 0 Å². The number of guanidine groups is 1. The predicted molar refractivity (Wildman–Crippen MR) is 104 cm³/mol. The highest BCUT2D eigenvalue weighted by molar-refractivity contribution is 14.0. The van der Waals surface area contributed by atoms with Crippen LogP contribution in [-0.2, 0) is 6.54 Å². The van der Waals surface area contributed by atoms with E-state index in [4.69, 9.17) is 10.7 Å². The summed E-state index contributed by atoms with van der Waals surface area (Å²) in [6.07, 6.45) is 7.48. The normalized spacial score (nSPS) is 19.0. The summed E-state index contributed by atoms with van der Waals surface area (Å²) in [4.78, 5) is 9.27. The van der Waals surface area contributed by atoms with Crippen LogP contribution in [0, 0.1) is 0 Å². The number of rotatable bonds is 4. The largest absolute Gasteiger partial charge is 0.370 e. The molecule has 3 N–H and O–H groups in total. The highest BCUT2D eigenvalue weighted by Gasteiger charge is 2.27. The van der Waals surface area contributed by atoms with Crippen LogP contribution in [-0.4, -0.2) is 21.6 Å². The van der Waals surface area contributed by atoms with E-state index >= 15 is 0 Å². The molecule has 1 heterocycles. The van der Waals surface area contributed by atoms with Gasteiger partial charge in [-0.15, -0.1) is 24.0 Å². The second-order valence-corrected chi connectivity index (χ2v) is 6.45. The Balaban J connectivity index is 0.00000156. The number of aromatic nitrogens is 2. The van der Waals surface area contributed by atoms with Crippen molar-refractivity contribution in [2.75, 3.05) is 0 Å². The van der Waals surface area contributed by atoms with Gasteiger partial charge in [-0.3, -0.25) is 0 Å². The van der Waals surface area contributed by atoms with E-state index in [1.807, 2.05) is 6.07 Å². The van der Waals surface area contributed by atoms with E-state index in [0.29, 0.717) is 24.6 Å². The lowest BCUT2D eigenvalue weighted by Gasteiger charge is -2.12. The summed E-state index contributed by atoms with van der Waals surface area (Å²) >= 11 is 0. The Hall–Kier alpha value is -1.31. The van der Waals surface area contributed by atoms with Crippen molar-refractivity contribution in [2.24, 2.45) is 10.7 Å². The molecule has 2 fully saturated rings. The highest BCUT2D eigenvalue weighted by Crippen LogP contribution is 2.38. The molecular formula is C17H24IN5. The Bertz CT molecular complexity index is 698. The zero-order valence-electron chi connectivity index (χ0n) is 13.2. The van der Waals surface area contributed by atoms with Crippen molar-refractivity contribution in [1.82, 2.24) is 14.9 Å². The van der Waals surface area contributed by atoms with Crippen LogP contribution >= 0.6 is 24.0 Å². The second-order valence-electron chi connectivity index (χ2n) is 6.45. The fraction of sp³-hybridized carbons (Fsp3) is 0.529. The number of benzene rings is 1. The number of nitrogens with zero attached hydrogens (tertiary/aromatic N) is 3. The van der Waals surface area contributed by atoms with Crippen LogP contribution in [0.2, 0.25) is 0 Å². The molecule has 1 aromatic heterocycles. The Morgan fingerprint density at radius 2 is 1.96 bits per heavy atom. The van der Waals surface area contributed by atoms with Crippen LogP contribution in [0.25, 0.3) is 11.0 Å². The number of halogens is 1. The average Bonchev–Trinajstić information content (AvgIpc) is 3.10. The number of nitrogens with one attached hydrogen (secondary N) is 1. The number of aliphatic imine (C=N–C) groups is 1. The Morgan fingerprint density at radius 1 is 1.22 bits per heavy atom. The second kappa shape index (κ2) is 7.07. The van der Waals surface area contributed by atoms with Gasteiger partial charge in [-0.2, -0.15) is 0 Å². The van der Waals surface area contributed by atoms with Crippen molar-refractivity contribution in [1.29, 1.82) is 0 Å². The molecule has 4 rings (SSSR count). The molecule has 124 valence electrons. The lowest BCUT2D eigenvalue weighted by Crippen LogP contribution is -2.38. The van der Waals surface area contributed by atoms with E-state index in [1.165, 1.54) is 44.0 Å². The molecule has 2 aliphatic carbocycles. The molecule has 23 heavy (non-hydrogen) atoms. The van der Waals surface area contributed by atoms with Gasteiger partial charge in [0.1, 0.15) is 12.4 Å². The van der Waals surface area contributed by atoms with Gasteiger partial charge in [-0.05, 0) is 37.8 Å². The molecular weight excluding hydrogens is 401 g/mol. The molecule has 0 amide bonds. The molecule has 1 aromatic carbocycles. The molecule has 2 saturated carbocycles. The van der Waals surface area contributed by atoms with Gasteiger partial charge in [0, 0.05) is 12.1 Å². The van der Waals surface area contributed by atoms with Gasteiger partial charge in [-0.25, -0.2) is 9.98 Å². The van der Waals surface area contributed by atoms with Gasteiger partial charge in [0.05, 0.1) is 11.0 Å². The lowest BCUT2D eigenvalue weighted by atomic mass is 10.2. The maximum atomic E-state index is 6.04. The Morgan fingerprint density at radius 3 is 2.70 bits per heavy atom. The van der Waals surface area contributed by atoms with Crippen LogP contribution in [0.1, 0.15) is 50.4 Å². The van der Waals surface area contributed by atoms with Gasteiger partial charge >= 0.3 is 0 Å². The smallest absolute Gasteiger partial charge is 0.189 e. The molecule has 6 heteroatoms. The highest BCUT2D eigenvalue weighted by atomic mass is 127. The number of hydrogen-bond acceptors (Lipinski definition) is 2. The first-order valence-electron chi connectivity index (χ1n) is 8.33. The standard InChI is InChI=1S/C17H23N5.HI/c18-17(20-12-5-1-2-6-12)19-11-16-21-14-7-3-4-8-15(14)22(16)13-9-10-13;/h3-4,7-8,12-13H,1-2,5-6,9-11H2,(H3,18,19,20);1H. The zero-order valence-corrected chi connectivity index (χ0v) is 15.6. The van der Waals surface area contributed by atoms with Gasteiger partial charge in [0.2, 0.25) is 0 Å². The molecule has 2 aromatic rings. The van der Waals surface area contributed by atoms with Crippen molar-refractivity contribution < 1.29 is 0 Å². The minimum atomic E-state index is 0. The summed E-state index contributed by atoms with van der Waals surface area (Å²) in [7, 11) is 0. The summed E-state index contributed by atoms with van der Waals surface area (Å²) in [6, 6.07) is 9.43. The minimum Gasteiger partial charge on any atom is -0.370 e. The molecule has 2 aliphatic rings. The number of hydrogen-bond donors (Lipinski definition) is 2. The van der Waals surface area contributed by atoms with Crippen LogP contribution in [0.15, 0.2) is 29.3 Å². The molecule has 0 spiro atoms. The molecule has 0 unspecified atom stereocenters.